The van der Waals surface area contributed by atoms with Gasteiger partial charge in [0.05, 0.1) is 26.7 Å². The van der Waals surface area contributed by atoms with E-state index in [-0.39, 0.29) is 5.04 Å². The van der Waals surface area contributed by atoms with Gasteiger partial charge in [-0.2, -0.15) is 0 Å². The van der Waals surface area contributed by atoms with Crippen molar-refractivity contribution in [1.82, 2.24) is 0 Å². The lowest BCUT2D eigenvalue weighted by molar-refractivity contribution is 0.356. The second-order valence-electron chi connectivity index (χ2n) is 8.61. The summed E-state index contributed by atoms with van der Waals surface area (Å²) in [5.41, 5.74) is 2.40. The normalized spacial score (nSPS) is 12.2. The zero-order valence-corrected chi connectivity index (χ0v) is 20.2. The maximum Gasteiger partial charge on any atom is 0.250 e. The van der Waals surface area contributed by atoms with Crippen LogP contribution in [0, 0.1) is 0 Å². The van der Waals surface area contributed by atoms with Gasteiger partial charge in [-0.15, -0.1) is 0 Å². The molecule has 0 fully saturated rings. The topological polar surface area (TPSA) is 36.9 Å². The molecule has 0 aliphatic heterocycles. The summed E-state index contributed by atoms with van der Waals surface area (Å²) in [4.78, 5) is 0. The molecule has 0 heterocycles. The van der Waals surface area contributed by atoms with Crippen molar-refractivity contribution in [3.05, 3.63) is 23.3 Å². The lowest BCUT2D eigenvalue weighted by Gasteiger charge is -2.38. The second-order valence-corrected chi connectivity index (χ2v) is 13.3. The van der Waals surface area contributed by atoms with Crippen molar-refractivity contribution < 1.29 is 18.6 Å². The summed E-state index contributed by atoms with van der Waals surface area (Å²) in [7, 11) is 3.01. The number of ether oxygens (including phenoxy) is 3. The third-order valence-corrected chi connectivity index (χ3v) is 10.3. The van der Waals surface area contributed by atoms with E-state index in [0.29, 0.717) is 11.5 Å². The molecule has 0 aliphatic rings. The summed E-state index contributed by atoms with van der Waals surface area (Å²) in [6.45, 7) is 15.7. The van der Waals surface area contributed by atoms with Crippen molar-refractivity contribution in [1.29, 1.82) is 0 Å². The van der Waals surface area contributed by atoms with Gasteiger partial charge < -0.3 is 18.6 Å². The van der Waals surface area contributed by atoms with Crippen LogP contribution in [0.15, 0.2) is 12.1 Å². The molecule has 0 amide bonds. The van der Waals surface area contributed by atoms with E-state index in [4.69, 9.17) is 18.6 Å². The van der Waals surface area contributed by atoms with Crippen LogP contribution >= 0.6 is 0 Å². The van der Waals surface area contributed by atoms with E-state index in [0.717, 1.165) is 35.1 Å². The van der Waals surface area contributed by atoms with Crippen LogP contribution in [-0.4, -0.2) is 29.6 Å². The van der Waals surface area contributed by atoms with Crippen molar-refractivity contribution >= 4 is 19.1 Å². The minimum Gasteiger partial charge on any atom is -0.543 e. The number of hydrogen-bond acceptors (Lipinski definition) is 4. The van der Waals surface area contributed by atoms with E-state index in [1.54, 1.807) is 21.3 Å². The van der Waals surface area contributed by atoms with Gasteiger partial charge in [-0.05, 0) is 48.7 Å². The number of fused-ring (bicyclic) bond motifs is 1. The molecule has 4 nitrogen and oxygen atoms in total. The maximum absolute atomic E-state index is 6.90. The highest BCUT2D eigenvalue weighted by Gasteiger charge is 2.40. The van der Waals surface area contributed by atoms with Gasteiger partial charge in [0, 0.05) is 10.9 Å². The first-order valence-corrected chi connectivity index (χ1v) is 12.9. The van der Waals surface area contributed by atoms with Crippen molar-refractivity contribution in [3.63, 3.8) is 0 Å². The van der Waals surface area contributed by atoms with Crippen molar-refractivity contribution in [2.24, 2.45) is 0 Å². The Kier molecular flexibility index (Phi) is 6.59. The lowest BCUT2D eigenvalue weighted by Crippen LogP contribution is -2.44. The summed E-state index contributed by atoms with van der Waals surface area (Å²) >= 11 is 0. The van der Waals surface area contributed by atoms with Crippen LogP contribution in [0.1, 0.15) is 45.7 Å². The lowest BCUT2D eigenvalue weighted by atomic mass is 9.94. The first-order valence-electron chi connectivity index (χ1n) is 10.0. The summed E-state index contributed by atoms with van der Waals surface area (Å²) in [6.07, 6.45) is 1.74. The number of hydrogen-bond donors (Lipinski definition) is 0. The van der Waals surface area contributed by atoms with Crippen LogP contribution in [0.25, 0.3) is 10.8 Å². The van der Waals surface area contributed by atoms with Gasteiger partial charge >= 0.3 is 0 Å². The predicted octanol–water partition coefficient (Wildman–Crippen LogP) is 6.37. The van der Waals surface area contributed by atoms with E-state index in [2.05, 4.69) is 53.8 Å². The minimum atomic E-state index is -2.04. The molecule has 0 spiro atoms. The Morgan fingerprint density at radius 3 is 1.75 bits per heavy atom. The molecule has 2 aromatic rings. The van der Waals surface area contributed by atoms with E-state index in [1.807, 2.05) is 6.07 Å². The van der Waals surface area contributed by atoms with E-state index < -0.39 is 8.32 Å². The van der Waals surface area contributed by atoms with Gasteiger partial charge in [0.1, 0.15) is 11.5 Å². The number of rotatable bonds is 7. The third kappa shape index (κ3) is 3.69. The molecule has 2 aromatic carbocycles. The van der Waals surface area contributed by atoms with Crippen molar-refractivity contribution in [3.8, 4) is 23.0 Å². The smallest absolute Gasteiger partial charge is 0.250 e. The first-order chi connectivity index (χ1) is 13.1. The molecular formula is C23H36O4Si. The zero-order valence-electron chi connectivity index (χ0n) is 19.2. The fourth-order valence-electron chi connectivity index (χ4n) is 3.43. The van der Waals surface area contributed by atoms with Crippen LogP contribution < -0.4 is 18.6 Å². The molecule has 0 atom stereocenters. The van der Waals surface area contributed by atoms with Crippen LogP contribution in [0.5, 0.6) is 23.0 Å². The van der Waals surface area contributed by atoms with Gasteiger partial charge in [0.25, 0.3) is 8.32 Å². The Bertz CT molecular complexity index is 850. The first kappa shape index (κ1) is 22.4. The molecule has 156 valence electrons. The quantitative estimate of drug-likeness (QED) is 0.502. The third-order valence-electron chi connectivity index (χ3n) is 6.00. The Hall–Kier alpha value is -1.88. The highest BCUT2D eigenvalue weighted by atomic mass is 28.4. The molecule has 0 aromatic heterocycles. The zero-order chi connectivity index (χ0) is 21.3. The molecule has 0 radical (unpaired) electrons. The van der Waals surface area contributed by atoms with Gasteiger partial charge in [-0.3, -0.25) is 0 Å². The Labute approximate surface area is 171 Å². The van der Waals surface area contributed by atoms with Crippen LogP contribution in [0.3, 0.4) is 0 Å². The summed E-state index contributed by atoms with van der Waals surface area (Å²) in [5.74, 6) is 3.21. The molecular weight excluding hydrogens is 368 g/mol. The van der Waals surface area contributed by atoms with Gasteiger partial charge in [0.2, 0.25) is 0 Å². The standard InChI is InChI=1S/C23H36O4Si/c1-11-15-16(12-2)21(25-7)19-17(13-14-18(24-6)22(19)26-8)20(15)27-28(9,10)23(3,4)5/h13-14H,11-12H2,1-10H3. The summed E-state index contributed by atoms with van der Waals surface area (Å²) in [6, 6.07) is 4.02. The van der Waals surface area contributed by atoms with Gasteiger partial charge in [-0.25, -0.2) is 0 Å². The minimum absolute atomic E-state index is 0.104. The van der Waals surface area contributed by atoms with Gasteiger partial charge in [0.15, 0.2) is 11.5 Å². The molecule has 0 bridgehead atoms. The average molecular weight is 405 g/mol. The molecule has 0 unspecified atom stereocenters. The van der Waals surface area contributed by atoms with Crippen molar-refractivity contribution in [2.75, 3.05) is 21.3 Å². The summed E-state index contributed by atoms with van der Waals surface area (Å²) in [5, 5.41) is 2.05. The van der Waals surface area contributed by atoms with Crippen molar-refractivity contribution in [2.45, 2.75) is 65.6 Å². The number of benzene rings is 2. The summed E-state index contributed by atoms with van der Waals surface area (Å²) < 4.78 is 24.1. The molecule has 0 aliphatic carbocycles. The average Bonchev–Trinajstić information content (AvgIpc) is 2.65. The molecule has 2 rings (SSSR count). The van der Waals surface area contributed by atoms with Crippen LogP contribution in [0.2, 0.25) is 18.1 Å². The fourth-order valence-corrected chi connectivity index (χ4v) is 4.48. The van der Waals surface area contributed by atoms with E-state index >= 15 is 0 Å². The monoisotopic (exact) mass is 404 g/mol. The Balaban J connectivity index is 3.00. The maximum atomic E-state index is 6.90. The van der Waals surface area contributed by atoms with Crippen LogP contribution in [0.4, 0.5) is 0 Å². The predicted molar refractivity (Wildman–Crippen MR) is 120 cm³/mol. The Morgan fingerprint density at radius 2 is 1.32 bits per heavy atom. The van der Waals surface area contributed by atoms with Gasteiger partial charge in [-0.1, -0.05) is 34.6 Å². The van der Waals surface area contributed by atoms with Crippen LogP contribution in [-0.2, 0) is 12.8 Å². The second kappa shape index (κ2) is 8.24. The van der Waals surface area contributed by atoms with E-state index in [1.165, 1.54) is 11.1 Å². The molecule has 0 N–H and O–H groups in total. The van der Waals surface area contributed by atoms with E-state index in [9.17, 15) is 0 Å². The highest BCUT2D eigenvalue weighted by molar-refractivity contribution is 6.74. The molecule has 0 saturated carbocycles. The fraction of sp³-hybridized carbons (Fsp3) is 0.565. The molecule has 5 heteroatoms. The SMILES string of the molecule is CCc1c(CC)c(OC)c2c(OC)c(OC)ccc2c1O[Si](C)(C)C(C)(C)C. The molecule has 28 heavy (non-hydrogen) atoms. The number of methoxy groups -OCH3 is 3. The highest BCUT2D eigenvalue weighted by Crippen LogP contribution is 2.50. The Morgan fingerprint density at radius 1 is 0.786 bits per heavy atom. The molecule has 0 saturated heterocycles. The largest absolute Gasteiger partial charge is 0.543 e.